The Labute approximate surface area is 81.9 Å². The number of hydrogen-bond acceptors (Lipinski definition) is 2. The fourth-order valence-corrected chi connectivity index (χ4v) is 1.31. The van der Waals surface area contributed by atoms with E-state index in [0.29, 0.717) is 0 Å². The first-order valence-electron chi connectivity index (χ1n) is 4.84. The fourth-order valence-electron chi connectivity index (χ4n) is 1.31. The molecule has 0 radical (unpaired) electrons. The summed E-state index contributed by atoms with van der Waals surface area (Å²) in [7, 11) is 0. The molecular formula is C11H23NO. The second-order valence-corrected chi connectivity index (χ2v) is 5.99. The maximum absolute atomic E-state index is 11.7. The van der Waals surface area contributed by atoms with Crippen LogP contribution >= 0.6 is 0 Å². The Balaban J connectivity index is 4.30. The summed E-state index contributed by atoms with van der Waals surface area (Å²) < 4.78 is 0. The molecular weight excluding hydrogens is 162 g/mol. The van der Waals surface area contributed by atoms with Crippen LogP contribution in [0.15, 0.2) is 0 Å². The lowest BCUT2D eigenvalue weighted by Gasteiger charge is -2.27. The minimum absolute atomic E-state index is 0.125. The van der Waals surface area contributed by atoms with Crippen LogP contribution in [0.2, 0.25) is 0 Å². The Bertz CT molecular complexity index is 183. The van der Waals surface area contributed by atoms with E-state index in [9.17, 15) is 4.79 Å². The number of carbonyl (C=O) groups is 1. The SMILES string of the molecule is CC(C)(C)C[C@@H](N)C(=O)C(C)(C)C. The first-order chi connectivity index (χ1) is 5.54. The number of rotatable bonds is 2. The van der Waals surface area contributed by atoms with Crippen molar-refractivity contribution in [1.29, 1.82) is 0 Å². The summed E-state index contributed by atoms with van der Waals surface area (Å²) in [6, 6.07) is -0.319. The zero-order valence-corrected chi connectivity index (χ0v) is 9.77. The van der Waals surface area contributed by atoms with Gasteiger partial charge in [0.1, 0.15) is 0 Å². The molecule has 1 atom stereocenters. The monoisotopic (exact) mass is 185 g/mol. The highest BCUT2D eigenvalue weighted by atomic mass is 16.1. The first kappa shape index (κ1) is 12.6. The lowest BCUT2D eigenvalue weighted by molar-refractivity contribution is -0.128. The van der Waals surface area contributed by atoms with Gasteiger partial charge in [0.25, 0.3) is 0 Å². The van der Waals surface area contributed by atoms with Crippen molar-refractivity contribution in [2.75, 3.05) is 0 Å². The van der Waals surface area contributed by atoms with Crippen molar-refractivity contribution in [1.82, 2.24) is 0 Å². The predicted molar refractivity (Wildman–Crippen MR) is 56.5 cm³/mol. The zero-order chi connectivity index (χ0) is 10.9. The maximum Gasteiger partial charge on any atom is 0.154 e. The van der Waals surface area contributed by atoms with E-state index in [1.54, 1.807) is 0 Å². The molecule has 0 bridgehead atoms. The topological polar surface area (TPSA) is 43.1 Å². The fraction of sp³-hybridized carbons (Fsp3) is 0.909. The van der Waals surface area contributed by atoms with Gasteiger partial charge in [-0.25, -0.2) is 0 Å². The molecule has 2 heteroatoms. The van der Waals surface area contributed by atoms with Crippen LogP contribution in [0.4, 0.5) is 0 Å². The molecule has 0 aromatic carbocycles. The lowest BCUT2D eigenvalue weighted by Crippen LogP contribution is -2.41. The predicted octanol–water partition coefficient (Wildman–Crippen LogP) is 2.37. The average molecular weight is 185 g/mol. The Morgan fingerprint density at radius 2 is 1.54 bits per heavy atom. The molecule has 0 unspecified atom stereocenters. The van der Waals surface area contributed by atoms with E-state index >= 15 is 0 Å². The Morgan fingerprint density at radius 3 is 1.77 bits per heavy atom. The molecule has 0 fully saturated rings. The maximum atomic E-state index is 11.7. The summed E-state index contributed by atoms with van der Waals surface area (Å²) in [6.07, 6.45) is 0.753. The van der Waals surface area contributed by atoms with E-state index in [2.05, 4.69) is 20.8 Å². The van der Waals surface area contributed by atoms with Crippen LogP contribution in [0.3, 0.4) is 0 Å². The number of carbonyl (C=O) groups excluding carboxylic acids is 1. The molecule has 0 aliphatic carbocycles. The van der Waals surface area contributed by atoms with Crippen molar-refractivity contribution in [3.05, 3.63) is 0 Å². The number of Topliss-reactive ketones (excluding diaryl/α,β-unsaturated/α-hetero) is 1. The second-order valence-electron chi connectivity index (χ2n) is 5.99. The van der Waals surface area contributed by atoms with Gasteiger partial charge < -0.3 is 5.73 Å². The molecule has 0 amide bonds. The van der Waals surface area contributed by atoms with Crippen molar-refractivity contribution in [2.45, 2.75) is 54.0 Å². The van der Waals surface area contributed by atoms with Crippen molar-refractivity contribution in [3.8, 4) is 0 Å². The summed E-state index contributed by atoms with van der Waals surface area (Å²) >= 11 is 0. The largest absolute Gasteiger partial charge is 0.321 e. The molecule has 2 nitrogen and oxygen atoms in total. The van der Waals surface area contributed by atoms with E-state index in [1.165, 1.54) is 0 Å². The first-order valence-corrected chi connectivity index (χ1v) is 4.84. The number of nitrogens with two attached hydrogens (primary N) is 1. The Kier molecular flexibility index (Phi) is 3.68. The van der Waals surface area contributed by atoms with Crippen LogP contribution in [0.5, 0.6) is 0 Å². The van der Waals surface area contributed by atoms with Crippen molar-refractivity contribution < 1.29 is 4.79 Å². The number of hydrogen-bond donors (Lipinski definition) is 1. The van der Waals surface area contributed by atoms with Crippen LogP contribution in [0, 0.1) is 10.8 Å². The summed E-state index contributed by atoms with van der Waals surface area (Å²) in [5, 5.41) is 0. The van der Waals surface area contributed by atoms with E-state index in [4.69, 9.17) is 5.73 Å². The van der Waals surface area contributed by atoms with Crippen molar-refractivity contribution in [2.24, 2.45) is 16.6 Å². The summed E-state index contributed by atoms with van der Waals surface area (Å²) in [5.41, 5.74) is 5.65. The Morgan fingerprint density at radius 1 is 1.15 bits per heavy atom. The Hall–Kier alpha value is -0.370. The highest BCUT2D eigenvalue weighted by Crippen LogP contribution is 2.24. The van der Waals surface area contributed by atoms with Gasteiger partial charge in [0.15, 0.2) is 5.78 Å². The van der Waals surface area contributed by atoms with Crippen LogP contribution in [0.1, 0.15) is 48.0 Å². The van der Waals surface area contributed by atoms with E-state index in [0.717, 1.165) is 6.42 Å². The van der Waals surface area contributed by atoms with Gasteiger partial charge in [-0.3, -0.25) is 4.79 Å². The molecule has 0 aromatic heterocycles. The molecule has 0 spiro atoms. The van der Waals surface area contributed by atoms with E-state index < -0.39 is 0 Å². The molecule has 0 aliphatic rings. The molecule has 78 valence electrons. The molecule has 0 heterocycles. The normalized spacial score (nSPS) is 15.6. The van der Waals surface area contributed by atoms with E-state index in [-0.39, 0.29) is 22.7 Å². The summed E-state index contributed by atoms with van der Waals surface area (Å²) in [6.45, 7) is 12.0. The third-order valence-corrected chi connectivity index (χ3v) is 1.91. The summed E-state index contributed by atoms with van der Waals surface area (Å²) in [5.74, 6) is 0.155. The van der Waals surface area contributed by atoms with Gasteiger partial charge in [0.05, 0.1) is 6.04 Å². The minimum Gasteiger partial charge on any atom is -0.321 e. The standard InChI is InChI=1S/C11H23NO/c1-10(2,3)7-8(12)9(13)11(4,5)6/h8H,7,12H2,1-6H3/t8-/m1/s1. The molecule has 13 heavy (non-hydrogen) atoms. The molecule has 2 N–H and O–H groups in total. The average Bonchev–Trinajstić information content (AvgIpc) is 1.79. The third-order valence-electron chi connectivity index (χ3n) is 1.91. The van der Waals surface area contributed by atoms with Gasteiger partial charge in [-0.2, -0.15) is 0 Å². The minimum atomic E-state index is -0.319. The molecule has 0 saturated heterocycles. The summed E-state index contributed by atoms with van der Waals surface area (Å²) in [4.78, 5) is 11.7. The van der Waals surface area contributed by atoms with Crippen LogP contribution in [-0.2, 0) is 4.79 Å². The molecule has 0 aliphatic heterocycles. The molecule has 0 saturated carbocycles. The van der Waals surface area contributed by atoms with Crippen LogP contribution in [0.25, 0.3) is 0 Å². The van der Waals surface area contributed by atoms with Crippen LogP contribution in [-0.4, -0.2) is 11.8 Å². The smallest absolute Gasteiger partial charge is 0.154 e. The quantitative estimate of drug-likeness (QED) is 0.717. The van der Waals surface area contributed by atoms with Gasteiger partial charge in [0, 0.05) is 5.41 Å². The molecule has 0 rings (SSSR count). The van der Waals surface area contributed by atoms with Gasteiger partial charge >= 0.3 is 0 Å². The second kappa shape index (κ2) is 3.79. The van der Waals surface area contributed by atoms with Crippen LogP contribution < -0.4 is 5.73 Å². The van der Waals surface area contributed by atoms with Gasteiger partial charge in [-0.1, -0.05) is 41.5 Å². The van der Waals surface area contributed by atoms with E-state index in [1.807, 2.05) is 20.8 Å². The van der Waals surface area contributed by atoms with Crippen molar-refractivity contribution in [3.63, 3.8) is 0 Å². The highest BCUT2D eigenvalue weighted by molar-refractivity contribution is 5.88. The van der Waals surface area contributed by atoms with Crippen molar-refractivity contribution >= 4 is 5.78 Å². The van der Waals surface area contributed by atoms with Gasteiger partial charge in [-0.05, 0) is 11.8 Å². The van der Waals surface area contributed by atoms with Gasteiger partial charge in [0.2, 0.25) is 0 Å². The zero-order valence-electron chi connectivity index (χ0n) is 9.77. The van der Waals surface area contributed by atoms with Gasteiger partial charge in [-0.15, -0.1) is 0 Å². The third kappa shape index (κ3) is 5.04. The lowest BCUT2D eigenvalue weighted by atomic mass is 9.80. The number of ketones is 1. The highest BCUT2D eigenvalue weighted by Gasteiger charge is 2.29. The molecule has 0 aromatic rings.